The summed E-state index contributed by atoms with van der Waals surface area (Å²) >= 11 is 2.47. The van der Waals surface area contributed by atoms with Crippen molar-refractivity contribution in [3.05, 3.63) is 70.7 Å². The number of nitrogens with zero attached hydrogens (tertiary/aromatic N) is 5. The van der Waals surface area contributed by atoms with E-state index in [1.54, 1.807) is 11.5 Å². The molecule has 0 fully saturated rings. The highest BCUT2D eigenvalue weighted by Crippen LogP contribution is 2.24. The van der Waals surface area contributed by atoms with E-state index in [1.165, 1.54) is 41.3 Å². The van der Waals surface area contributed by atoms with Crippen LogP contribution in [0, 0.1) is 12.7 Å². The first kappa shape index (κ1) is 25.3. The van der Waals surface area contributed by atoms with Crippen molar-refractivity contribution in [2.75, 3.05) is 17.7 Å². The summed E-state index contributed by atoms with van der Waals surface area (Å²) in [6.45, 7) is 4.27. The first-order valence-electron chi connectivity index (χ1n) is 10.9. The Labute approximate surface area is 214 Å². The van der Waals surface area contributed by atoms with E-state index >= 15 is 0 Å². The lowest BCUT2D eigenvalue weighted by molar-refractivity contribution is -0.113. The first-order valence-corrected chi connectivity index (χ1v) is 12.7. The van der Waals surface area contributed by atoms with Crippen molar-refractivity contribution in [2.45, 2.75) is 25.5 Å². The molecule has 0 aliphatic heterocycles. The number of ether oxygens (including phenoxy) is 1. The van der Waals surface area contributed by atoms with Crippen molar-refractivity contribution >= 4 is 40.0 Å². The molecule has 2 amide bonds. The number of carbonyl (C=O) groups is 2. The molecule has 0 atom stereocenters. The lowest BCUT2D eigenvalue weighted by atomic mass is 10.2. The van der Waals surface area contributed by atoms with Gasteiger partial charge in [-0.05, 0) is 56.3 Å². The number of rotatable bonds is 10. The largest absolute Gasteiger partial charge is 0.494 e. The Morgan fingerprint density at radius 1 is 1.11 bits per heavy atom. The average Bonchev–Trinajstić information content (AvgIpc) is 3.47. The van der Waals surface area contributed by atoms with Gasteiger partial charge in [-0.25, -0.2) is 4.39 Å². The van der Waals surface area contributed by atoms with Crippen LogP contribution in [0.3, 0.4) is 0 Å². The number of anilines is 1. The predicted octanol–water partition coefficient (Wildman–Crippen LogP) is 3.63. The molecule has 0 aliphatic carbocycles. The van der Waals surface area contributed by atoms with Crippen LogP contribution in [0.15, 0.2) is 53.7 Å². The van der Waals surface area contributed by atoms with Gasteiger partial charge in [-0.2, -0.15) is 0 Å². The molecule has 2 heterocycles. The average molecular weight is 528 g/mol. The van der Waals surface area contributed by atoms with Gasteiger partial charge in [0.05, 0.1) is 18.9 Å². The highest BCUT2D eigenvalue weighted by atomic mass is 32.2. The fourth-order valence-electron chi connectivity index (χ4n) is 3.15. The van der Waals surface area contributed by atoms with E-state index in [-0.39, 0.29) is 23.8 Å². The van der Waals surface area contributed by atoms with Gasteiger partial charge in [-0.15, -0.1) is 20.4 Å². The maximum atomic E-state index is 13.5. The molecular weight excluding hydrogens is 505 g/mol. The summed E-state index contributed by atoms with van der Waals surface area (Å²) in [4.78, 5) is 24.9. The molecule has 2 aromatic heterocycles. The van der Waals surface area contributed by atoms with Gasteiger partial charge in [0.25, 0.3) is 5.91 Å². The molecule has 0 radical (unpaired) electrons. The maximum absolute atomic E-state index is 13.5. The second-order valence-corrected chi connectivity index (χ2v) is 9.44. The number of aryl methyl sites for hydroxylation is 1. The number of thioether (sulfide) groups is 1. The summed E-state index contributed by atoms with van der Waals surface area (Å²) in [5, 5.41) is 23.3. The Kier molecular flexibility index (Phi) is 8.23. The van der Waals surface area contributed by atoms with Crippen molar-refractivity contribution in [2.24, 2.45) is 0 Å². The SMILES string of the molecule is CCOc1ccc(-n2c(CNC(=O)c3cccc(F)c3)nnc2SCC(=O)Nc2nnc(C)s2)cc1. The van der Waals surface area contributed by atoms with Crippen LogP contribution in [0.2, 0.25) is 0 Å². The summed E-state index contributed by atoms with van der Waals surface area (Å²) in [5.74, 6) is -0.0117. The fourth-order valence-corrected chi connectivity index (χ4v) is 4.53. The molecule has 0 aliphatic rings. The zero-order chi connectivity index (χ0) is 25.5. The zero-order valence-electron chi connectivity index (χ0n) is 19.4. The summed E-state index contributed by atoms with van der Waals surface area (Å²) in [6, 6.07) is 12.7. The Morgan fingerprint density at radius 2 is 1.92 bits per heavy atom. The van der Waals surface area contributed by atoms with E-state index in [2.05, 4.69) is 31.0 Å². The van der Waals surface area contributed by atoms with Crippen LogP contribution in [-0.2, 0) is 11.3 Å². The van der Waals surface area contributed by atoms with Crippen LogP contribution in [0.4, 0.5) is 9.52 Å². The second kappa shape index (κ2) is 11.7. The number of amides is 2. The third-order valence-electron chi connectivity index (χ3n) is 4.70. The minimum atomic E-state index is -0.499. The first-order chi connectivity index (χ1) is 17.4. The third-order valence-corrected chi connectivity index (χ3v) is 6.39. The number of nitrogens with one attached hydrogen (secondary N) is 2. The van der Waals surface area contributed by atoms with E-state index in [1.807, 2.05) is 31.2 Å². The van der Waals surface area contributed by atoms with Crippen molar-refractivity contribution in [3.8, 4) is 11.4 Å². The van der Waals surface area contributed by atoms with Crippen LogP contribution in [0.5, 0.6) is 5.75 Å². The van der Waals surface area contributed by atoms with E-state index in [9.17, 15) is 14.0 Å². The Morgan fingerprint density at radius 3 is 2.61 bits per heavy atom. The van der Waals surface area contributed by atoms with Crippen LogP contribution in [0.25, 0.3) is 5.69 Å². The quantitative estimate of drug-likeness (QED) is 0.300. The molecule has 4 aromatic rings. The third kappa shape index (κ3) is 6.43. The van der Waals surface area contributed by atoms with Gasteiger partial charge in [-0.3, -0.25) is 19.5 Å². The smallest absolute Gasteiger partial charge is 0.251 e. The molecule has 0 saturated carbocycles. The summed E-state index contributed by atoms with van der Waals surface area (Å²) < 4.78 is 20.8. The molecule has 13 heteroatoms. The van der Waals surface area contributed by atoms with Gasteiger partial charge in [0.1, 0.15) is 16.6 Å². The minimum Gasteiger partial charge on any atom is -0.494 e. The Bertz CT molecular complexity index is 1360. The number of hydrogen-bond donors (Lipinski definition) is 2. The van der Waals surface area contributed by atoms with E-state index in [0.29, 0.717) is 28.5 Å². The fraction of sp³-hybridized carbons (Fsp3) is 0.217. The second-order valence-electron chi connectivity index (χ2n) is 7.32. The van der Waals surface area contributed by atoms with E-state index in [4.69, 9.17) is 4.74 Å². The number of hydrogen-bond acceptors (Lipinski definition) is 9. The summed E-state index contributed by atoms with van der Waals surface area (Å²) in [7, 11) is 0. The van der Waals surface area contributed by atoms with Crippen molar-refractivity contribution in [1.82, 2.24) is 30.3 Å². The van der Waals surface area contributed by atoms with Gasteiger partial charge >= 0.3 is 0 Å². The number of carbonyl (C=O) groups excluding carboxylic acids is 2. The lowest BCUT2D eigenvalue weighted by Crippen LogP contribution is -2.24. The normalized spacial score (nSPS) is 10.8. The molecule has 10 nitrogen and oxygen atoms in total. The lowest BCUT2D eigenvalue weighted by Gasteiger charge is -2.12. The molecule has 2 N–H and O–H groups in total. The van der Waals surface area contributed by atoms with Gasteiger partial charge in [0, 0.05) is 11.3 Å². The topological polar surface area (TPSA) is 124 Å². The number of aromatic nitrogens is 5. The van der Waals surface area contributed by atoms with Crippen LogP contribution in [0.1, 0.15) is 28.1 Å². The van der Waals surface area contributed by atoms with Crippen molar-refractivity contribution in [1.29, 1.82) is 0 Å². The number of benzene rings is 2. The Balaban J connectivity index is 1.52. The highest BCUT2D eigenvalue weighted by molar-refractivity contribution is 7.99. The molecule has 0 bridgehead atoms. The minimum absolute atomic E-state index is 0.0341. The molecule has 0 spiro atoms. The standard InChI is InChI=1S/C23H22FN7O3S2/c1-3-34-18-9-7-17(8-10-18)31-19(12-25-21(33)15-5-4-6-16(24)11-15)28-30-23(31)35-13-20(32)26-22-29-27-14(2)36-22/h4-11H,3,12-13H2,1-2H3,(H,25,33)(H,26,29,32). The van der Waals surface area contributed by atoms with E-state index < -0.39 is 11.7 Å². The van der Waals surface area contributed by atoms with E-state index in [0.717, 1.165) is 16.8 Å². The van der Waals surface area contributed by atoms with Gasteiger partial charge in [0.15, 0.2) is 11.0 Å². The molecule has 4 rings (SSSR count). The molecule has 0 unspecified atom stereocenters. The number of halogens is 1. The molecule has 186 valence electrons. The molecule has 0 saturated heterocycles. The maximum Gasteiger partial charge on any atom is 0.251 e. The van der Waals surface area contributed by atoms with Gasteiger partial charge < -0.3 is 10.1 Å². The molecule has 36 heavy (non-hydrogen) atoms. The Hall–Kier alpha value is -3.84. The van der Waals surface area contributed by atoms with Crippen LogP contribution in [-0.4, -0.2) is 49.1 Å². The molecule has 2 aromatic carbocycles. The van der Waals surface area contributed by atoms with Crippen LogP contribution < -0.4 is 15.4 Å². The van der Waals surface area contributed by atoms with Crippen molar-refractivity contribution < 1.29 is 18.7 Å². The molecular formula is C23H22FN7O3S2. The summed E-state index contributed by atoms with van der Waals surface area (Å²) in [6.07, 6.45) is 0. The zero-order valence-corrected chi connectivity index (χ0v) is 21.0. The van der Waals surface area contributed by atoms with Crippen molar-refractivity contribution in [3.63, 3.8) is 0 Å². The van der Waals surface area contributed by atoms with Gasteiger partial charge in [0.2, 0.25) is 11.0 Å². The van der Waals surface area contributed by atoms with Gasteiger partial charge in [-0.1, -0.05) is 29.2 Å². The highest BCUT2D eigenvalue weighted by Gasteiger charge is 2.18. The predicted molar refractivity (Wildman–Crippen MR) is 134 cm³/mol. The van der Waals surface area contributed by atoms with Crippen LogP contribution >= 0.6 is 23.1 Å². The summed E-state index contributed by atoms with van der Waals surface area (Å²) in [5.41, 5.74) is 0.918. The monoisotopic (exact) mass is 527 g/mol.